The Hall–Kier alpha value is -0.660. The van der Waals surface area contributed by atoms with E-state index in [2.05, 4.69) is 0 Å². The van der Waals surface area contributed by atoms with Crippen molar-refractivity contribution >= 4 is 21.6 Å². The SMILES string of the molecule is CCN(CCOC)S(=O)(=O)c1ccc(CO)c(Cl)c1. The number of aliphatic hydroxyl groups excluding tert-OH is 1. The molecular formula is C12H18ClNO4S. The molecule has 0 bridgehead atoms. The number of rotatable bonds is 7. The van der Waals surface area contributed by atoms with E-state index in [0.29, 0.717) is 18.7 Å². The fraction of sp³-hybridized carbons (Fsp3) is 0.500. The second-order valence-corrected chi connectivity index (χ2v) is 6.25. The number of nitrogens with zero attached hydrogens (tertiary/aromatic N) is 1. The molecule has 0 aromatic heterocycles. The van der Waals surface area contributed by atoms with Crippen LogP contribution in [0.5, 0.6) is 0 Å². The van der Waals surface area contributed by atoms with Crippen LogP contribution in [0, 0.1) is 0 Å². The fourth-order valence-corrected chi connectivity index (χ4v) is 3.37. The third kappa shape index (κ3) is 3.90. The number of sulfonamides is 1. The second-order valence-electron chi connectivity index (χ2n) is 3.90. The van der Waals surface area contributed by atoms with Crippen molar-refractivity contribution in [2.24, 2.45) is 0 Å². The molecule has 0 aliphatic heterocycles. The first-order chi connectivity index (χ1) is 8.97. The topological polar surface area (TPSA) is 66.8 Å². The summed E-state index contributed by atoms with van der Waals surface area (Å²) in [6, 6.07) is 4.32. The maximum absolute atomic E-state index is 12.4. The molecule has 0 aliphatic carbocycles. The fourth-order valence-electron chi connectivity index (χ4n) is 1.61. The molecule has 0 spiro atoms. The summed E-state index contributed by atoms with van der Waals surface area (Å²) in [6.45, 7) is 2.51. The molecular weight excluding hydrogens is 290 g/mol. The van der Waals surface area contributed by atoms with Gasteiger partial charge in [-0.25, -0.2) is 8.42 Å². The summed E-state index contributed by atoms with van der Waals surface area (Å²) < 4.78 is 31.0. The normalized spacial score (nSPS) is 12.1. The lowest BCUT2D eigenvalue weighted by Gasteiger charge is -2.20. The summed E-state index contributed by atoms with van der Waals surface area (Å²) in [7, 11) is -2.06. The summed E-state index contributed by atoms with van der Waals surface area (Å²) in [6.07, 6.45) is 0. The van der Waals surface area contributed by atoms with Crippen LogP contribution in [0.25, 0.3) is 0 Å². The highest BCUT2D eigenvalue weighted by Crippen LogP contribution is 2.23. The summed E-state index contributed by atoms with van der Waals surface area (Å²) in [5.74, 6) is 0. The number of ether oxygens (including phenoxy) is 1. The van der Waals surface area contributed by atoms with Crippen LogP contribution < -0.4 is 0 Å². The number of hydrogen-bond acceptors (Lipinski definition) is 4. The van der Waals surface area contributed by atoms with Crippen LogP contribution in [0.4, 0.5) is 0 Å². The van der Waals surface area contributed by atoms with Gasteiger partial charge in [0, 0.05) is 25.2 Å². The average Bonchev–Trinajstić information content (AvgIpc) is 2.39. The first-order valence-electron chi connectivity index (χ1n) is 5.85. The summed E-state index contributed by atoms with van der Waals surface area (Å²) in [5, 5.41) is 9.26. The molecule has 1 rings (SSSR count). The average molecular weight is 308 g/mol. The molecule has 0 atom stereocenters. The number of halogens is 1. The number of likely N-dealkylation sites (N-methyl/N-ethyl adjacent to an activating group) is 1. The highest BCUT2D eigenvalue weighted by atomic mass is 35.5. The summed E-state index contributed by atoms with van der Waals surface area (Å²) in [4.78, 5) is 0.118. The third-order valence-electron chi connectivity index (χ3n) is 2.73. The van der Waals surface area contributed by atoms with Gasteiger partial charge in [-0.05, 0) is 17.7 Å². The predicted octanol–water partition coefficient (Wildman–Crippen LogP) is 1.49. The Morgan fingerprint density at radius 3 is 2.58 bits per heavy atom. The molecule has 0 unspecified atom stereocenters. The van der Waals surface area contributed by atoms with Gasteiger partial charge < -0.3 is 9.84 Å². The molecule has 0 saturated carbocycles. The van der Waals surface area contributed by atoms with Gasteiger partial charge >= 0.3 is 0 Å². The molecule has 19 heavy (non-hydrogen) atoms. The Bertz CT molecular complexity index is 518. The van der Waals surface area contributed by atoms with Crippen molar-refractivity contribution in [1.82, 2.24) is 4.31 Å². The van der Waals surface area contributed by atoms with E-state index in [-0.39, 0.29) is 23.1 Å². The molecule has 1 aromatic rings. The molecule has 5 nitrogen and oxygen atoms in total. The smallest absolute Gasteiger partial charge is 0.243 e. The van der Waals surface area contributed by atoms with Crippen LogP contribution >= 0.6 is 11.6 Å². The van der Waals surface area contributed by atoms with Crippen molar-refractivity contribution in [2.75, 3.05) is 26.8 Å². The lowest BCUT2D eigenvalue weighted by molar-refractivity contribution is 0.180. The van der Waals surface area contributed by atoms with E-state index in [1.807, 2.05) is 0 Å². The van der Waals surface area contributed by atoms with Gasteiger partial charge in [-0.2, -0.15) is 4.31 Å². The molecule has 108 valence electrons. The quantitative estimate of drug-likeness (QED) is 0.829. The molecule has 7 heteroatoms. The molecule has 1 N–H and O–H groups in total. The van der Waals surface area contributed by atoms with Crippen molar-refractivity contribution in [3.8, 4) is 0 Å². The lowest BCUT2D eigenvalue weighted by atomic mass is 10.2. The highest BCUT2D eigenvalue weighted by Gasteiger charge is 2.23. The molecule has 0 radical (unpaired) electrons. The third-order valence-corrected chi connectivity index (χ3v) is 5.05. The number of benzene rings is 1. The van der Waals surface area contributed by atoms with Gasteiger partial charge in [-0.15, -0.1) is 0 Å². The number of hydrogen-bond donors (Lipinski definition) is 1. The predicted molar refractivity (Wildman–Crippen MR) is 73.7 cm³/mol. The van der Waals surface area contributed by atoms with Crippen molar-refractivity contribution < 1.29 is 18.3 Å². The van der Waals surface area contributed by atoms with Crippen molar-refractivity contribution in [3.63, 3.8) is 0 Å². The zero-order valence-electron chi connectivity index (χ0n) is 11.0. The van der Waals surface area contributed by atoms with Crippen LogP contribution in [0.3, 0.4) is 0 Å². The van der Waals surface area contributed by atoms with Gasteiger partial charge in [0.25, 0.3) is 0 Å². The van der Waals surface area contributed by atoms with Gasteiger partial charge in [0.1, 0.15) is 0 Å². The number of methoxy groups -OCH3 is 1. The molecule has 0 aliphatic rings. The van der Waals surface area contributed by atoms with E-state index in [4.69, 9.17) is 21.4 Å². The minimum absolute atomic E-state index is 0.118. The Balaban J connectivity index is 3.07. The van der Waals surface area contributed by atoms with Crippen LogP contribution in [0.1, 0.15) is 12.5 Å². The Morgan fingerprint density at radius 2 is 2.11 bits per heavy atom. The Kier molecular flexibility index (Phi) is 6.22. The van der Waals surface area contributed by atoms with Crippen LogP contribution in [0.2, 0.25) is 5.02 Å². The first-order valence-corrected chi connectivity index (χ1v) is 7.67. The summed E-state index contributed by atoms with van der Waals surface area (Å²) in [5.41, 5.74) is 0.501. The maximum Gasteiger partial charge on any atom is 0.243 e. The van der Waals surface area contributed by atoms with Gasteiger partial charge in [-0.3, -0.25) is 0 Å². The van der Waals surface area contributed by atoms with Crippen LogP contribution in [-0.2, 0) is 21.4 Å². The Labute approximate surface area is 118 Å². The monoisotopic (exact) mass is 307 g/mol. The largest absolute Gasteiger partial charge is 0.392 e. The molecule has 0 saturated heterocycles. The number of aliphatic hydroxyl groups is 1. The highest BCUT2D eigenvalue weighted by molar-refractivity contribution is 7.89. The molecule has 0 fully saturated rings. The molecule has 0 heterocycles. The minimum atomic E-state index is -3.58. The van der Waals surface area contributed by atoms with Crippen LogP contribution in [-0.4, -0.2) is 44.6 Å². The Morgan fingerprint density at radius 1 is 1.42 bits per heavy atom. The van der Waals surface area contributed by atoms with Gasteiger partial charge in [-0.1, -0.05) is 24.6 Å². The standard InChI is InChI=1S/C12H18ClNO4S/c1-3-14(6-7-18-2)19(16,17)11-5-4-10(9-15)12(13)8-11/h4-5,8,15H,3,6-7,9H2,1-2H3. The lowest BCUT2D eigenvalue weighted by Crippen LogP contribution is -2.33. The van der Waals surface area contributed by atoms with Gasteiger partial charge in [0.15, 0.2) is 0 Å². The van der Waals surface area contributed by atoms with Gasteiger partial charge in [0.2, 0.25) is 10.0 Å². The zero-order chi connectivity index (χ0) is 14.5. The van der Waals surface area contributed by atoms with Crippen molar-refractivity contribution in [1.29, 1.82) is 0 Å². The molecule has 0 amide bonds. The second kappa shape index (κ2) is 7.21. The van der Waals surface area contributed by atoms with E-state index in [1.165, 1.54) is 29.6 Å². The summed E-state index contributed by atoms with van der Waals surface area (Å²) >= 11 is 5.92. The minimum Gasteiger partial charge on any atom is -0.392 e. The van der Waals surface area contributed by atoms with E-state index in [0.717, 1.165) is 0 Å². The van der Waals surface area contributed by atoms with E-state index >= 15 is 0 Å². The maximum atomic E-state index is 12.4. The van der Waals surface area contributed by atoms with E-state index < -0.39 is 10.0 Å². The first kappa shape index (κ1) is 16.4. The van der Waals surface area contributed by atoms with E-state index in [1.54, 1.807) is 6.92 Å². The molecule has 1 aromatic carbocycles. The van der Waals surface area contributed by atoms with Gasteiger partial charge in [0.05, 0.1) is 18.1 Å². The van der Waals surface area contributed by atoms with Crippen molar-refractivity contribution in [3.05, 3.63) is 28.8 Å². The zero-order valence-corrected chi connectivity index (χ0v) is 12.5. The van der Waals surface area contributed by atoms with Crippen molar-refractivity contribution in [2.45, 2.75) is 18.4 Å². The van der Waals surface area contributed by atoms with E-state index in [9.17, 15) is 8.42 Å². The van der Waals surface area contributed by atoms with Crippen LogP contribution in [0.15, 0.2) is 23.1 Å².